The van der Waals surface area contributed by atoms with Crippen molar-refractivity contribution >= 4 is 0 Å². The van der Waals surface area contributed by atoms with Crippen molar-refractivity contribution in [2.24, 2.45) is 11.8 Å². The predicted octanol–water partition coefficient (Wildman–Crippen LogP) is 1.33. The van der Waals surface area contributed by atoms with Crippen molar-refractivity contribution in [3.05, 3.63) is 0 Å². The van der Waals surface area contributed by atoms with E-state index in [0.717, 1.165) is 17.9 Å². The van der Waals surface area contributed by atoms with Crippen molar-refractivity contribution in [2.75, 3.05) is 26.7 Å². The van der Waals surface area contributed by atoms with E-state index in [-0.39, 0.29) is 0 Å². The molecule has 2 fully saturated rings. The van der Waals surface area contributed by atoms with Gasteiger partial charge in [-0.2, -0.15) is 0 Å². The molecule has 1 saturated carbocycles. The molecule has 1 aliphatic carbocycles. The molecule has 1 N–H and O–H groups in total. The van der Waals surface area contributed by atoms with Crippen LogP contribution in [0.5, 0.6) is 0 Å². The average molecular weight is 182 g/mol. The van der Waals surface area contributed by atoms with Crippen LogP contribution in [0, 0.1) is 11.8 Å². The largest absolute Gasteiger partial charge is 0.319 e. The summed E-state index contributed by atoms with van der Waals surface area (Å²) in [6, 6.07) is 0.906. The zero-order valence-electron chi connectivity index (χ0n) is 8.92. The lowest BCUT2D eigenvalue weighted by atomic mass is 9.94. The summed E-state index contributed by atoms with van der Waals surface area (Å²) in [5.74, 6) is 1.88. The van der Waals surface area contributed by atoms with Gasteiger partial charge in [0.2, 0.25) is 0 Å². The van der Waals surface area contributed by atoms with Gasteiger partial charge in [-0.05, 0) is 38.3 Å². The molecule has 2 atom stereocenters. The van der Waals surface area contributed by atoms with E-state index in [0.29, 0.717) is 0 Å². The lowest BCUT2D eigenvalue weighted by molar-refractivity contribution is 0.0441. The number of hydrogen-bond donors (Lipinski definition) is 1. The van der Waals surface area contributed by atoms with Crippen LogP contribution < -0.4 is 5.32 Å². The first kappa shape index (κ1) is 9.47. The van der Waals surface area contributed by atoms with Crippen LogP contribution in [0.4, 0.5) is 0 Å². The Morgan fingerprint density at radius 1 is 1.31 bits per heavy atom. The third-order valence-electron chi connectivity index (χ3n) is 3.65. The highest BCUT2D eigenvalue weighted by Gasteiger charge is 2.36. The van der Waals surface area contributed by atoms with Crippen molar-refractivity contribution in [1.29, 1.82) is 0 Å². The van der Waals surface area contributed by atoms with E-state index in [1.807, 2.05) is 0 Å². The zero-order chi connectivity index (χ0) is 9.26. The molecule has 0 aromatic rings. The van der Waals surface area contributed by atoms with E-state index in [1.54, 1.807) is 0 Å². The van der Waals surface area contributed by atoms with Gasteiger partial charge in [0.25, 0.3) is 0 Å². The molecule has 0 radical (unpaired) electrons. The fourth-order valence-electron chi connectivity index (χ4n) is 3.02. The lowest BCUT2D eigenvalue weighted by Crippen LogP contribution is -2.53. The Hall–Kier alpha value is -0.0800. The lowest BCUT2D eigenvalue weighted by Gasteiger charge is -2.44. The number of rotatable bonds is 3. The van der Waals surface area contributed by atoms with Crippen molar-refractivity contribution < 1.29 is 0 Å². The van der Waals surface area contributed by atoms with Gasteiger partial charge in [0.1, 0.15) is 0 Å². The SMILES string of the molecule is CNCC1CCCC1N1CC(C)C1. The Bertz CT molecular complexity index is 163. The summed E-state index contributed by atoms with van der Waals surface area (Å²) >= 11 is 0. The molecular weight excluding hydrogens is 160 g/mol. The monoisotopic (exact) mass is 182 g/mol. The average Bonchev–Trinajstić information content (AvgIpc) is 2.48. The second-order valence-electron chi connectivity index (χ2n) is 4.88. The van der Waals surface area contributed by atoms with Gasteiger partial charge in [-0.3, -0.25) is 4.90 Å². The normalized spacial score (nSPS) is 36.5. The van der Waals surface area contributed by atoms with E-state index in [9.17, 15) is 0 Å². The van der Waals surface area contributed by atoms with E-state index >= 15 is 0 Å². The molecular formula is C11H22N2. The Labute approximate surface area is 81.7 Å². The number of likely N-dealkylation sites (tertiary alicyclic amines) is 1. The van der Waals surface area contributed by atoms with Crippen LogP contribution in [-0.4, -0.2) is 37.6 Å². The van der Waals surface area contributed by atoms with Gasteiger partial charge in [-0.1, -0.05) is 13.3 Å². The van der Waals surface area contributed by atoms with Crippen molar-refractivity contribution in [2.45, 2.75) is 32.2 Å². The highest BCUT2D eigenvalue weighted by atomic mass is 15.2. The van der Waals surface area contributed by atoms with Crippen LogP contribution in [0.25, 0.3) is 0 Å². The molecule has 0 bridgehead atoms. The van der Waals surface area contributed by atoms with Crippen LogP contribution in [-0.2, 0) is 0 Å². The van der Waals surface area contributed by atoms with Gasteiger partial charge < -0.3 is 5.32 Å². The Morgan fingerprint density at radius 2 is 2.08 bits per heavy atom. The quantitative estimate of drug-likeness (QED) is 0.708. The van der Waals surface area contributed by atoms with Gasteiger partial charge in [0.15, 0.2) is 0 Å². The van der Waals surface area contributed by atoms with E-state index in [4.69, 9.17) is 0 Å². The number of hydrogen-bond acceptors (Lipinski definition) is 2. The molecule has 2 nitrogen and oxygen atoms in total. The van der Waals surface area contributed by atoms with Gasteiger partial charge in [-0.25, -0.2) is 0 Å². The summed E-state index contributed by atoms with van der Waals surface area (Å²) in [6.07, 6.45) is 4.33. The topological polar surface area (TPSA) is 15.3 Å². The van der Waals surface area contributed by atoms with Crippen molar-refractivity contribution in [1.82, 2.24) is 10.2 Å². The number of nitrogens with zero attached hydrogens (tertiary/aromatic N) is 1. The van der Waals surface area contributed by atoms with E-state index in [2.05, 4.69) is 24.2 Å². The highest BCUT2D eigenvalue weighted by Crippen LogP contribution is 2.33. The third-order valence-corrected chi connectivity index (χ3v) is 3.65. The molecule has 2 rings (SSSR count). The molecule has 2 heteroatoms. The molecule has 0 spiro atoms. The van der Waals surface area contributed by atoms with Crippen molar-refractivity contribution in [3.63, 3.8) is 0 Å². The van der Waals surface area contributed by atoms with Gasteiger partial charge in [-0.15, -0.1) is 0 Å². The molecule has 0 aromatic heterocycles. The molecule has 0 aromatic carbocycles. The predicted molar refractivity (Wildman–Crippen MR) is 55.8 cm³/mol. The second kappa shape index (κ2) is 3.97. The molecule has 0 amide bonds. The summed E-state index contributed by atoms with van der Waals surface area (Å²) < 4.78 is 0. The number of nitrogens with one attached hydrogen (secondary N) is 1. The first-order valence-electron chi connectivity index (χ1n) is 5.70. The molecule has 13 heavy (non-hydrogen) atoms. The molecule has 1 saturated heterocycles. The summed E-state index contributed by atoms with van der Waals surface area (Å²) in [5, 5.41) is 3.33. The molecule has 2 unspecified atom stereocenters. The van der Waals surface area contributed by atoms with Crippen molar-refractivity contribution in [3.8, 4) is 0 Å². The van der Waals surface area contributed by atoms with Crippen LogP contribution in [0.1, 0.15) is 26.2 Å². The van der Waals surface area contributed by atoms with E-state index in [1.165, 1.54) is 38.9 Å². The highest BCUT2D eigenvalue weighted by molar-refractivity contribution is 4.91. The maximum Gasteiger partial charge on any atom is 0.0136 e. The smallest absolute Gasteiger partial charge is 0.0136 e. The van der Waals surface area contributed by atoms with Gasteiger partial charge in [0, 0.05) is 19.1 Å². The third kappa shape index (κ3) is 1.89. The fourth-order valence-corrected chi connectivity index (χ4v) is 3.02. The molecule has 1 aliphatic heterocycles. The summed E-state index contributed by atoms with van der Waals surface area (Å²) in [4.78, 5) is 2.69. The molecule has 2 aliphatic rings. The summed E-state index contributed by atoms with van der Waals surface area (Å²) in [6.45, 7) is 6.28. The summed E-state index contributed by atoms with van der Waals surface area (Å²) in [7, 11) is 2.08. The maximum atomic E-state index is 3.33. The Balaban J connectivity index is 1.83. The van der Waals surface area contributed by atoms with Gasteiger partial charge >= 0.3 is 0 Å². The summed E-state index contributed by atoms with van der Waals surface area (Å²) in [5.41, 5.74) is 0. The minimum Gasteiger partial charge on any atom is -0.319 e. The van der Waals surface area contributed by atoms with Gasteiger partial charge in [0.05, 0.1) is 0 Å². The van der Waals surface area contributed by atoms with Crippen LogP contribution >= 0.6 is 0 Å². The second-order valence-corrected chi connectivity index (χ2v) is 4.88. The minimum atomic E-state index is 0.906. The van der Waals surface area contributed by atoms with Crippen LogP contribution in [0.3, 0.4) is 0 Å². The van der Waals surface area contributed by atoms with Crippen LogP contribution in [0.15, 0.2) is 0 Å². The molecule has 1 heterocycles. The first-order valence-corrected chi connectivity index (χ1v) is 5.70. The maximum absolute atomic E-state index is 3.33. The van der Waals surface area contributed by atoms with E-state index < -0.39 is 0 Å². The van der Waals surface area contributed by atoms with Crippen LogP contribution in [0.2, 0.25) is 0 Å². The Morgan fingerprint density at radius 3 is 2.69 bits per heavy atom. The minimum absolute atomic E-state index is 0.906. The zero-order valence-corrected chi connectivity index (χ0v) is 8.92. The Kier molecular flexibility index (Phi) is 2.89. The molecule has 76 valence electrons. The fraction of sp³-hybridized carbons (Fsp3) is 1.00. The first-order chi connectivity index (χ1) is 6.31. The standard InChI is InChI=1S/C11H22N2/c1-9-7-13(8-9)11-5-3-4-10(11)6-12-2/h9-12H,3-8H2,1-2H3.